The van der Waals surface area contributed by atoms with E-state index in [0.29, 0.717) is 0 Å². The molecule has 0 bridgehead atoms. The Balaban J connectivity index is 1.76. The van der Waals surface area contributed by atoms with Gasteiger partial charge in [0.15, 0.2) is 0 Å². The predicted molar refractivity (Wildman–Crippen MR) is 84.3 cm³/mol. The molecule has 2 N–H and O–H groups in total. The van der Waals surface area contributed by atoms with Gasteiger partial charge in [-0.05, 0) is 38.3 Å². The van der Waals surface area contributed by atoms with Crippen LogP contribution in [0, 0.1) is 12.8 Å². The molecule has 21 heavy (non-hydrogen) atoms. The number of hydrogen-bond donors (Lipinski definition) is 2. The minimum absolute atomic E-state index is 0.0903. The van der Waals surface area contributed by atoms with E-state index in [2.05, 4.69) is 10.3 Å². The van der Waals surface area contributed by atoms with Crippen molar-refractivity contribution < 1.29 is 9.90 Å². The number of nitrogens with one attached hydrogen (secondary N) is 1. The smallest absolute Gasteiger partial charge is 0.230 e. The number of thiazole rings is 1. The highest BCUT2D eigenvalue weighted by molar-refractivity contribution is 7.13. The number of anilines is 1. The topological polar surface area (TPSA) is 62.2 Å². The summed E-state index contributed by atoms with van der Waals surface area (Å²) >= 11 is 1.59. The van der Waals surface area contributed by atoms with Gasteiger partial charge in [0.05, 0.1) is 12.0 Å². The van der Waals surface area contributed by atoms with Crippen molar-refractivity contribution >= 4 is 22.9 Å². The highest BCUT2D eigenvalue weighted by atomic mass is 32.1. The zero-order chi connectivity index (χ0) is 14.8. The number of aliphatic hydroxyl groups excluding tert-OH is 1. The Kier molecular flexibility index (Phi) is 4.03. The number of nitrogens with zero attached hydrogens (tertiary/aromatic N) is 1. The van der Waals surface area contributed by atoms with Gasteiger partial charge in [-0.15, -0.1) is 11.3 Å². The van der Waals surface area contributed by atoms with Crippen molar-refractivity contribution in [2.45, 2.75) is 32.3 Å². The van der Waals surface area contributed by atoms with E-state index in [1.54, 1.807) is 11.3 Å². The second-order valence-corrected chi connectivity index (χ2v) is 6.33. The maximum absolute atomic E-state index is 12.2. The van der Waals surface area contributed by atoms with Gasteiger partial charge in [0.25, 0.3) is 0 Å². The lowest BCUT2D eigenvalue weighted by Gasteiger charge is -2.14. The van der Waals surface area contributed by atoms with Crippen molar-refractivity contribution in [1.29, 1.82) is 0 Å². The average molecular weight is 302 g/mol. The molecule has 1 aliphatic rings. The molecule has 0 spiro atoms. The number of benzene rings is 1. The Morgan fingerprint density at radius 1 is 1.43 bits per heavy atom. The fourth-order valence-electron chi connectivity index (χ4n) is 2.70. The minimum Gasteiger partial charge on any atom is -0.392 e. The summed E-state index contributed by atoms with van der Waals surface area (Å²) in [5.74, 6) is -0.372. The summed E-state index contributed by atoms with van der Waals surface area (Å²) in [6.45, 7) is 1.97. The lowest BCUT2D eigenvalue weighted by atomic mass is 10.1. The van der Waals surface area contributed by atoms with Gasteiger partial charge in [-0.25, -0.2) is 4.98 Å². The molecule has 2 unspecified atom stereocenters. The van der Waals surface area contributed by atoms with Crippen LogP contribution in [-0.2, 0) is 4.79 Å². The Morgan fingerprint density at radius 3 is 2.95 bits per heavy atom. The summed E-state index contributed by atoms with van der Waals surface area (Å²) in [5.41, 5.74) is 2.75. The number of aryl methyl sites for hydroxylation is 1. The molecule has 1 aromatic heterocycles. The van der Waals surface area contributed by atoms with Gasteiger partial charge in [-0.2, -0.15) is 0 Å². The Bertz CT molecular complexity index is 653. The van der Waals surface area contributed by atoms with Crippen molar-refractivity contribution in [3.8, 4) is 10.6 Å². The molecule has 3 rings (SSSR count). The van der Waals surface area contributed by atoms with Crippen LogP contribution >= 0.6 is 11.3 Å². The van der Waals surface area contributed by atoms with E-state index in [9.17, 15) is 9.90 Å². The van der Waals surface area contributed by atoms with Gasteiger partial charge in [0, 0.05) is 22.3 Å². The van der Waals surface area contributed by atoms with Crippen molar-refractivity contribution in [1.82, 2.24) is 4.98 Å². The monoisotopic (exact) mass is 302 g/mol. The molecule has 5 heteroatoms. The van der Waals surface area contributed by atoms with Crippen LogP contribution in [0.5, 0.6) is 0 Å². The van der Waals surface area contributed by atoms with Crippen LogP contribution in [0.25, 0.3) is 10.6 Å². The molecule has 1 saturated carbocycles. The van der Waals surface area contributed by atoms with Gasteiger partial charge in [0.1, 0.15) is 5.01 Å². The van der Waals surface area contributed by atoms with Crippen molar-refractivity contribution in [2.24, 2.45) is 5.92 Å². The van der Waals surface area contributed by atoms with E-state index in [1.165, 1.54) is 0 Å². The number of rotatable bonds is 3. The van der Waals surface area contributed by atoms with E-state index in [1.807, 2.05) is 36.6 Å². The quantitative estimate of drug-likeness (QED) is 0.915. The molecular formula is C16H18N2O2S. The van der Waals surface area contributed by atoms with Gasteiger partial charge in [-0.1, -0.05) is 12.1 Å². The van der Waals surface area contributed by atoms with E-state index >= 15 is 0 Å². The molecule has 110 valence electrons. The second-order valence-electron chi connectivity index (χ2n) is 5.47. The summed E-state index contributed by atoms with van der Waals surface area (Å²) in [5, 5.41) is 15.7. The van der Waals surface area contributed by atoms with Crippen LogP contribution in [0.15, 0.2) is 29.6 Å². The second kappa shape index (κ2) is 5.95. The van der Waals surface area contributed by atoms with Crippen LogP contribution in [0.4, 0.5) is 5.69 Å². The molecule has 1 amide bonds. The van der Waals surface area contributed by atoms with Crippen molar-refractivity contribution in [3.05, 3.63) is 35.3 Å². The Labute approximate surface area is 127 Å². The first-order valence-corrected chi connectivity index (χ1v) is 8.03. The third-order valence-corrected chi connectivity index (χ3v) is 4.82. The van der Waals surface area contributed by atoms with Crippen LogP contribution in [0.3, 0.4) is 0 Å². The first kappa shape index (κ1) is 14.2. The summed E-state index contributed by atoms with van der Waals surface area (Å²) in [7, 11) is 0. The number of aliphatic hydroxyl groups is 1. The van der Waals surface area contributed by atoms with E-state index in [0.717, 1.165) is 41.2 Å². The maximum Gasteiger partial charge on any atom is 0.230 e. The predicted octanol–water partition coefficient (Wildman–Crippen LogP) is 3.22. The Morgan fingerprint density at radius 2 is 2.29 bits per heavy atom. The molecule has 1 heterocycles. The molecular weight excluding hydrogens is 284 g/mol. The first-order chi connectivity index (χ1) is 10.1. The van der Waals surface area contributed by atoms with Crippen molar-refractivity contribution in [3.63, 3.8) is 0 Å². The number of aromatic nitrogens is 1. The van der Waals surface area contributed by atoms with Gasteiger partial charge in [0.2, 0.25) is 5.91 Å². The SMILES string of the molecule is Cc1csc(-c2cccc(NC(=O)C3CCCC3O)c2)n1. The standard InChI is InChI=1S/C16H18N2O2S/c1-10-9-21-16(17-10)11-4-2-5-12(8-11)18-15(20)13-6-3-7-14(13)19/h2,4-5,8-9,13-14,19H,3,6-7H2,1H3,(H,18,20). The van der Waals surface area contributed by atoms with Gasteiger partial charge in [-0.3, -0.25) is 4.79 Å². The molecule has 0 radical (unpaired) electrons. The lowest BCUT2D eigenvalue weighted by molar-refractivity contribution is -0.122. The average Bonchev–Trinajstić information content (AvgIpc) is 3.08. The van der Waals surface area contributed by atoms with Crippen molar-refractivity contribution in [2.75, 3.05) is 5.32 Å². The number of hydrogen-bond acceptors (Lipinski definition) is 4. The minimum atomic E-state index is -0.505. The van der Waals surface area contributed by atoms with Gasteiger partial charge < -0.3 is 10.4 Å². The molecule has 1 fully saturated rings. The van der Waals surface area contributed by atoms with Crippen LogP contribution in [0.1, 0.15) is 25.0 Å². The number of amides is 1. The fraction of sp³-hybridized carbons (Fsp3) is 0.375. The third kappa shape index (κ3) is 3.14. The summed E-state index contributed by atoms with van der Waals surface area (Å²) in [6.07, 6.45) is 1.89. The molecule has 2 atom stereocenters. The molecule has 1 aromatic carbocycles. The molecule has 0 saturated heterocycles. The summed E-state index contributed by atoms with van der Waals surface area (Å²) in [6, 6.07) is 7.69. The zero-order valence-corrected chi connectivity index (χ0v) is 12.7. The first-order valence-electron chi connectivity index (χ1n) is 7.15. The molecule has 2 aromatic rings. The lowest BCUT2D eigenvalue weighted by Crippen LogP contribution is -2.28. The van der Waals surface area contributed by atoms with E-state index in [-0.39, 0.29) is 11.8 Å². The maximum atomic E-state index is 12.2. The summed E-state index contributed by atoms with van der Waals surface area (Å²) < 4.78 is 0. The fourth-order valence-corrected chi connectivity index (χ4v) is 3.49. The van der Waals surface area contributed by atoms with Crippen LogP contribution in [0.2, 0.25) is 0 Å². The van der Waals surface area contributed by atoms with E-state index in [4.69, 9.17) is 0 Å². The highest BCUT2D eigenvalue weighted by Crippen LogP contribution is 2.29. The highest BCUT2D eigenvalue weighted by Gasteiger charge is 2.31. The van der Waals surface area contributed by atoms with Gasteiger partial charge >= 0.3 is 0 Å². The largest absolute Gasteiger partial charge is 0.392 e. The zero-order valence-electron chi connectivity index (χ0n) is 11.9. The molecule has 4 nitrogen and oxygen atoms in total. The number of carbonyl (C=O) groups excluding carboxylic acids is 1. The third-order valence-electron chi connectivity index (χ3n) is 3.81. The molecule has 1 aliphatic carbocycles. The van der Waals surface area contributed by atoms with Crippen LogP contribution < -0.4 is 5.32 Å². The normalized spacial score (nSPS) is 21.4. The number of carbonyl (C=O) groups is 1. The van der Waals surface area contributed by atoms with E-state index < -0.39 is 6.10 Å². The summed E-state index contributed by atoms with van der Waals surface area (Å²) in [4.78, 5) is 16.6. The molecule has 0 aliphatic heterocycles. The van der Waals surface area contributed by atoms with Crippen LogP contribution in [-0.4, -0.2) is 22.1 Å². The Hall–Kier alpha value is -1.72.